The number of pyridine rings is 1. The molecule has 3 aromatic rings. The molecule has 2 amide bonds. The van der Waals surface area contributed by atoms with Gasteiger partial charge in [-0.05, 0) is 48.6 Å². The largest absolute Gasteiger partial charge is 0.490 e. The van der Waals surface area contributed by atoms with Crippen molar-refractivity contribution in [2.24, 2.45) is 0 Å². The van der Waals surface area contributed by atoms with Gasteiger partial charge in [0.15, 0.2) is 0 Å². The molecule has 9 heteroatoms. The topological polar surface area (TPSA) is 113 Å². The van der Waals surface area contributed by atoms with Gasteiger partial charge in [0.2, 0.25) is 0 Å². The van der Waals surface area contributed by atoms with Gasteiger partial charge in [-0.2, -0.15) is 5.26 Å². The lowest BCUT2D eigenvalue weighted by Gasteiger charge is -2.24. The maximum atomic E-state index is 13.5. The van der Waals surface area contributed by atoms with Gasteiger partial charge < -0.3 is 14.8 Å². The van der Waals surface area contributed by atoms with E-state index in [9.17, 15) is 10.1 Å². The van der Waals surface area contributed by atoms with E-state index in [4.69, 9.17) is 14.5 Å². The van der Waals surface area contributed by atoms with Crippen molar-refractivity contribution < 1.29 is 14.3 Å². The molecule has 1 spiro atoms. The number of carbonyl (C=O) groups excluding carboxylic acids is 1. The zero-order chi connectivity index (χ0) is 27.4. The van der Waals surface area contributed by atoms with E-state index in [2.05, 4.69) is 35.2 Å². The first-order valence-electron chi connectivity index (χ1n) is 13.5. The highest BCUT2D eigenvalue weighted by atomic mass is 16.5. The highest BCUT2D eigenvalue weighted by Gasteiger charge is 2.47. The number of fused-ring (bicyclic) bond motifs is 2. The molecule has 202 valence electrons. The summed E-state index contributed by atoms with van der Waals surface area (Å²) in [6.07, 6.45) is 7.70. The van der Waals surface area contributed by atoms with E-state index in [0.717, 1.165) is 59.6 Å². The van der Waals surface area contributed by atoms with Crippen molar-refractivity contribution in [3.05, 3.63) is 65.4 Å². The molecule has 0 unspecified atom stereocenters. The molecule has 39 heavy (non-hydrogen) atoms. The number of methoxy groups -OCH3 is 1. The highest BCUT2D eigenvalue weighted by Crippen LogP contribution is 2.50. The molecule has 1 saturated carbocycles. The van der Waals surface area contributed by atoms with Crippen molar-refractivity contribution in [2.45, 2.75) is 57.4 Å². The quantitative estimate of drug-likeness (QED) is 0.406. The Morgan fingerprint density at radius 2 is 2.03 bits per heavy atom. The maximum absolute atomic E-state index is 13.5. The van der Waals surface area contributed by atoms with Gasteiger partial charge in [0.25, 0.3) is 0 Å². The third kappa shape index (κ3) is 5.30. The van der Waals surface area contributed by atoms with Gasteiger partial charge in [-0.15, -0.1) is 0 Å². The Bertz CT molecular complexity index is 1390. The molecule has 0 saturated heterocycles. The number of hydrogen-bond donors (Lipinski definition) is 1. The van der Waals surface area contributed by atoms with Crippen LogP contribution in [0, 0.1) is 11.3 Å². The molecular formula is C30H34N6O3. The number of carbonyl (C=O) groups is 1. The third-order valence-corrected chi connectivity index (χ3v) is 7.65. The van der Waals surface area contributed by atoms with E-state index in [1.54, 1.807) is 25.6 Å². The lowest BCUT2D eigenvalue weighted by molar-refractivity contribution is 0.146. The molecule has 2 aromatic heterocycles. The summed E-state index contributed by atoms with van der Waals surface area (Å²) in [5.74, 6) is 0.731. The molecule has 3 heterocycles. The Kier molecular flexibility index (Phi) is 7.75. The Balaban J connectivity index is 1.38. The van der Waals surface area contributed by atoms with E-state index in [1.165, 1.54) is 0 Å². The Hall–Kier alpha value is -4.03. The number of anilines is 1. The molecule has 1 aromatic carbocycles. The summed E-state index contributed by atoms with van der Waals surface area (Å²) >= 11 is 0. The van der Waals surface area contributed by atoms with Crippen LogP contribution in [0.2, 0.25) is 0 Å². The summed E-state index contributed by atoms with van der Waals surface area (Å²) in [4.78, 5) is 29.3. The molecule has 1 aliphatic heterocycles. The van der Waals surface area contributed by atoms with Gasteiger partial charge in [0, 0.05) is 37.4 Å². The Morgan fingerprint density at radius 1 is 1.21 bits per heavy atom. The molecule has 0 radical (unpaired) electrons. The van der Waals surface area contributed by atoms with Crippen LogP contribution in [0.3, 0.4) is 0 Å². The average molecular weight is 527 g/mol. The first-order valence-corrected chi connectivity index (χ1v) is 13.5. The second-order valence-electron chi connectivity index (χ2n) is 10.6. The summed E-state index contributed by atoms with van der Waals surface area (Å²) in [5.41, 5.74) is 5.79. The van der Waals surface area contributed by atoms with Crippen LogP contribution < -0.4 is 15.0 Å². The molecule has 1 N–H and O–H groups in total. The van der Waals surface area contributed by atoms with Crippen molar-refractivity contribution in [1.82, 2.24) is 20.3 Å². The fourth-order valence-corrected chi connectivity index (χ4v) is 5.69. The van der Waals surface area contributed by atoms with E-state index < -0.39 is 0 Å². The highest BCUT2D eigenvalue weighted by molar-refractivity contribution is 5.95. The minimum atomic E-state index is -0.160. The number of nitriles is 1. The first-order chi connectivity index (χ1) is 19.0. The lowest BCUT2D eigenvalue weighted by atomic mass is 9.84. The molecule has 1 aliphatic carbocycles. The van der Waals surface area contributed by atoms with Crippen molar-refractivity contribution >= 4 is 11.7 Å². The van der Waals surface area contributed by atoms with Gasteiger partial charge in [-0.25, -0.2) is 19.7 Å². The smallest absolute Gasteiger partial charge is 0.322 e. The summed E-state index contributed by atoms with van der Waals surface area (Å²) in [6, 6.07) is 11.3. The van der Waals surface area contributed by atoms with Crippen molar-refractivity contribution in [1.29, 1.82) is 5.26 Å². The molecule has 0 bridgehead atoms. The minimum Gasteiger partial charge on any atom is -0.490 e. The van der Waals surface area contributed by atoms with Gasteiger partial charge in [-0.3, -0.25) is 4.90 Å². The SMILES string of the molecule is COCCOc1cc(CNC(=O)N2CC3(CCCC3)c3nc(-c4cncnc4C(C)C)ccc32)ccc1C#N. The Morgan fingerprint density at radius 3 is 2.77 bits per heavy atom. The van der Waals surface area contributed by atoms with Crippen molar-refractivity contribution in [2.75, 3.05) is 31.8 Å². The van der Waals surface area contributed by atoms with Crippen molar-refractivity contribution in [3.8, 4) is 23.1 Å². The summed E-state index contributed by atoms with van der Waals surface area (Å²) in [6.45, 7) is 5.93. The number of nitrogens with one attached hydrogen (secondary N) is 1. The molecule has 1 fully saturated rings. The number of benzene rings is 1. The van der Waals surface area contributed by atoms with Crippen molar-refractivity contribution in [3.63, 3.8) is 0 Å². The number of urea groups is 1. The fraction of sp³-hybridized carbons (Fsp3) is 0.433. The van der Waals surface area contributed by atoms with Gasteiger partial charge >= 0.3 is 6.03 Å². The van der Waals surface area contributed by atoms with Crippen LogP contribution in [0.15, 0.2) is 42.9 Å². The molecule has 0 atom stereocenters. The number of ether oxygens (including phenoxy) is 2. The van der Waals surface area contributed by atoms with E-state index in [-0.39, 0.29) is 17.4 Å². The maximum Gasteiger partial charge on any atom is 0.322 e. The summed E-state index contributed by atoms with van der Waals surface area (Å²) in [5, 5.41) is 12.5. The predicted molar refractivity (Wildman–Crippen MR) is 148 cm³/mol. The fourth-order valence-electron chi connectivity index (χ4n) is 5.69. The second-order valence-corrected chi connectivity index (χ2v) is 10.6. The normalized spacial score (nSPS) is 15.4. The van der Waals surface area contributed by atoms with Crippen LogP contribution in [0.25, 0.3) is 11.3 Å². The van der Waals surface area contributed by atoms with Crippen LogP contribution in [-0.4, -0.2) is 47.9 Å². The molecule has 5 rings (SSSR count). The molecule has 9 nitrogen and oxygen atoms in total. The zero-order valence-electron chi connectivity index (χ0n) is 22.7. The number of amides is 2. The van der Waals surface area contributed by atoms with Crippen LogP contribution >= 0.6 is 0 Å². The van der Waals surface area contributed by atoms with Crippen LogP contribution in [-0.2, 0) is 16.7 Å². The van der Waals surface area contributed by atoms with Crippen LogP contribution in [0.1, 0.15) is 68.0 Å². The summed E-state index contributed by atoms with van der Waals surface area (Å²) in [7, 11) is 1.60. The molecular weight excluding hydrogens is 492 g/mol. The average Bonchev–Trinajstić information content (AvgIpc) is 3.57. The third-order valence-electron chi connectivity index (χ3n) is 7.65. The first kappa shape index (κ1) is 26.6. The standard InChI is InChI=1S/C30H34N6O3/c1-20(2)27-23(17-32-19-34-27)24-8-9-25-28(35-24)30(10-4-5-11-30)18-36(25)29(37)33-16-21-6-7-22(15-31)26(14-21)39-13-12-38-3/h6-9,14,17,19-20H,4-5,10-13,16,18H2,1-3H3,(H,33,37). The van der Waals surface area contributed by atoms with E-state index in [0.29, 0.717) is 37.6 Å². The van der Waals surface area contributed by atoms with Crippen LogP contribution in [0.5, 0.6) is 5.75 Å². The predicted octanol–water partition coefficient (Wildman–Crippen LogP) is 5.10. The van der Waals surface area contributed by atoms with Crippen LogP contribution in [0.4, 0.5) is 10.5 Å². The summed E-state index contributed by atoms with van der Waals surface area (Å²) < 4.78 is 10.7. The minimum absolute atomic E-state index is 0.132. The number of aromatic nitrogens is 3. The van der Waals surface area contributed by atoms with Gasteiger partial charge in [-0.1, -0.05) is 32.8 Å². The van der Waals surface area contributed by atoms with E-state index in [1.807, 2.05) is 29.3 Å². The van der Waals surface area contributed by atoms with Gasteiger partial charge in [0.05, 0.1) is 34.9 Å². The zero-order valence-corrected chi connectivity index (χ0v) is 22.7. The Labute approximate surface area is 229 Å². The van der Waals surface area contributed by atoms with E-state index >= 15 is 0 Å². The number of hydrogen-bond acceptors (Lipinski definition) is 7. The van der Waals surface area contributed by atoms with Gasteiger partial charge in [0.1, 0.15) is 24.8 Å². The lowest BCUT2D eigenvalue weighted by Crippen LogP contribution is -2.41. The number of nitrogens with zero attached hydrogens (tertiary/aromatic N) is 5. The second kappa shape index (κ2) is 11.4. The monoisotopic (exact) mass is 526 g/mol. The molecule has 2 aliphatic rings. The number of rotatable bonds is 8.